The van der Waals surface area contributed by atoms with Crippen molar-refractivity contribution in [2.45, 2.75) is 76.0 Å². The van der Waals surface area contributed by atoms with Gasteiger partial charge in [0, 0.05) is 35.4 Å². The van der Waals surface area contributed by atoms with Crippen LogP contribution >= 0.6 is 0 Å². The zero-order chi connectivity index (χ0) is 29.8. The lowest BCUT2D eigenvalue weighted by Crippen LogP contribution is -2.50. The largest absolute Gasteiger partial charge is 0.445 e. The number of amides is 1. The van der Waals surface area contributed by atoms with Gasteiger partial charge in [-0.2, -0.15) is 0 Å². The second-order valence-corrected chi connectivity index (χ2v) is 12.4. The molecule has 43 heavy (non-hydrogen) atoms. The van der Waals surface area contributed by atoms with E-state index in [1.165, 1.54) is 23.0 Å². The van der Waals surface area contributed by atoms with Crippen molar-refractivity contribution in [2.24, 2.45) is 0 Å². The predicted octanol–water partition coefficient (Wildman–Crippen LogP) is 6.19. The van der Waals surface area contributed by atoms with E-state index in [0.717, 1.165) is 55.5 Å². The lowest BCUT2D eigenvalue weighted by molar-refractivity contribution is 0.0822. The molecule has 0 unspecified atom stereocenters. The summed E-state index contributed by atoms with van der Waals surface area (Å²) >= 11 is 0. The SMILES string of the molecule is CC(C)c1cccc(C2(NC[C@@H](O)[C@H]3Cc4cccc(c4)CCCCNc4cc(cc(-c5ncco5)c4)C(=O)N3)CC2)c1. The van der Waals surface area contributed by atoms with Gasteiger partial charge in [-0.1, -0.05) is 62.4 Å². The lowest BCUT2D eigenvalue weighted by atomic mass is 9.95. The minimum Gasteiger partial charge on any atom is -0.445 e. The number of aliphatic hydroxyl groups excluding tert-OH is 1. The number of rotatable bonds is 7. The molecule has 3 aromatic carbocycles. The van der Waals surface area contributed by atoms with E-state index >= 15 is 0 Å². The van der Waals surface area contributed by atoms with Gasteiger partial charge in [0.25, 0.3) is 5.91 Å². The number of nitrogens with zero attached hydrogens (tertiary/aromatic N) is 1. The molecule has 0 saturated heterocycles. The van der Waals surface area contributed by atoms with Crippen LogP contribution in [0.1, 0.15) is 78.1 Å². The number of hydrogen-bond donors (Lipinski definition) is 4. The first-order valence-electron chi connectivity index (χ1n) is 15.6. The summed E-state index contributed by atoms with van der Waals surface area (Å²) in [5.41, 5.74) is 6.92. The van der Waals surface area contributed by atoms with Crippen molar-refractivity contribution in [2.75, 3.05) is 18.4 Å². The number of anilines is 1. The molecule has 2 atom stereocenters. The van der Waals surface area contributed by atoms with Gasteiger partial charge in [0.05, 0.1) is 18.3 Å². The Hall–Kier alpha value is -3.94. The van der Waals surface area contributed by atoms with Crippen LogP contribution in [0, 0.1) is 0 Å². The molecule has 224 valence electrons. The van der Waals surface area contributed by atoms with Crippen LogP contribution in [0.25, 0.3) is 11.5 Å². The van der Waals surface area contributed by atoms with Crippen LogP contribution in [0.5, 0.6) is 0 Å². The fourth-order valence-corrected chi connectivity index (χ4v) is 6.07. The molecule has 0 spiro atoms. The van der Waals surface area contributed by atoms with Gasteiger partial charge in [-0.15, -0.1) is 0 Å². The summed E-state index contributed by atoms with van der Waals surface area (Å²) in [6.45, 7) is 5.59. The number of hydrogen-bond acceptors (Lipinski definition) is 6. The van der Waals surface area contributed by atoms with Crippen LogP contribution in [0.3, 0.4) is 0 Å². The summed E-state index contributed by atoms with van der Waals surface area (Å²) in [6.07, 6.45) is 7.97. The highest BCUT2D eigenvalue weighted by Gasteiger charge is 2.44. The molecule has 4 aromatic rings. The van der Waals surface area contributed by atoms with E-state index in [1.807, 2.05) is 12.1 Å². The molecule has 1 aromatic heterocycles. The number of oxazole rings is 1. The third-order valence-corrected chi connectivity index (χ3v) is 8.83. The molecule has 1 aliphatic heterocycles. The Morgan fingerprint density at radius 1 is 1.02 bits per heavy atom. The maximum absolute atomic E-state index is 13.8. The van der Waals surface area contributed by atoms with Gasteiger partial charge in [0.1, 0.15) is 6.26 Å². The van der Waals surface area contributed by atoms with Crippen molar-refractivity contribution in [1.29, 1.82) is 0 Å². The highest BCUT2D eigenvalue weighted by Crippen LogP contribution is 2.46. The highest BCUT2D eigenvalue weighted by atomic mass is 16.3. The van der Waals surface area contributed by atoms with E-state index in [0.29, 0.717) is 30.3 Å². The van der Waals surface area contributed by atoms with Crippen LogP contribution in [0.15, 0.2) is 83.6 Å². The highest BCUT2D eigenvalue weighted by molar-refractivity contribution is 5.96. The number of aliphatic hydroxyl groups is 1. The smallest absolute Gasteiger partial charge is 0.251 e. The normalized spacial score (nSPS) is 19.1. The number of carbonyl (C=O) groups excluding carboxylic acids is 1. The van der Waals surface area contributed by atoms with Crippen LogP contribution in [0.4, 0.5) is 5.69 Å². The Morgan fingerprint density at radius 2 is 1.84 bits per heavy atom. The fraction of sp³-hybridized carbons (Fsp3) is 0.389. The molecular weight excluding hydrogens is 536 g/mol. The van der Waals surface area contributed by atoms with Crippen LogP contribution in [-0.2, 0) is 18.4 Å². The molecule has 4 bridgehead atoms. The summed E-state index contributed by atoms with van der Waals surface area (Å²) in [7, 11) is 0. The van der Waals surface area contributed by atoms with Crippen molar-refractivity contribution in [3.8, 4) is 11.5 Å². The fourth-order valence-electron chi connectivity index (χ4n) is 6.07. The monoisotopic (exact) mass is 578 g/mol. The maximum atomic E-state index is 13.8. The number of nitrogens with one attached hydrogen (secondary N) is 3. The Morgan fingerprint density at radius 3 is 2.63 bits per heavy atom. The zero-order valence-corrected chi connectivity index (χ0v) is 25.1. The van der Waals surface area contributed by atoms with Gasteiger partial charge in [-0.3, -0.25) is 4.79 Å². The van der Waals surface area contributed by atoms with Gasteiger partial charge < -0.3 is 25.5 Å². The number of aryl methyl sites for hydroxylation is 1. The Bertz CT molecular complexity index is 1540. The summed E-state index contributed by atoms with van der Waals surface area (Å²) in [4.78, 5) is 18.1. The van der Waals surface area contributed by atoms with E-state index in [4.69, 9.17) is 4.42 Å². The van der Waals surface area contributed by atoms with Crippen LogP contribution < -0.4 is 16.0 Å². The third kappa shape index (κ3) is 7.00. The first kappa shape index (κ1) is 29.1. The van der Waals surface area contributed by atoms with Crippen molar-refractivity contribution in [1.82, 2.24) is 15.6 Å². The number of fused-ring (bicyclic) bond motifs is 4. The second kappa shape index (κ2) is 12.7. The molecule has 1 saturated carbocycles. The van der Waals surface area contributed by atoms with Crippen molar-refractivity contribution in [3.05, 3.63) is 107 Å². The number of aromatic nitrogens is 1. The van der Waals surface area contributed by atoms with Gasteiger partial charge in [-0.25, -0.2) is 4.98 Å². The van der Waals surface area contributed by atoms with E-state index in [-0.39, 0.29) is 11.4 Å². The summed E-state index contributed by atoms with van der Waals surface area (Å²) < 4.78 is 5.55. The van der Waals surface area contributed by atoms with Crippen molar-refractivity contribution in [3.63, 3.8) is 0 Å². The van der Waals surface area contributed by atoms with Gasteiger partial charge >= 0.3 is 0 Å². The second-order valence-electron chi connectivity index (χ2n) is 12.4. The Labute approximate surface area is 254 Å². The first-order chi connectivity index (χ1) is 20.9. The molecule has 2 heterocycles. The van der Waals surface area contributed by atoms with Gasteiger partial charge in [0.15, 0.2) is 0 Å². The van der Waals surface area contributed by atoms with E-state index < -0.39 is 12.1 Å². The van der Waals surface area contributed by atoms with Crippen molar-refractivity contribution >= 4 is 11.6 Å². The number of carbonyl (C=O) groups is 1. The molecule has 1 fully saturated rings. The zero-order valence-electron chi connectivity index (χ0n) is 25.1. The molecule has 2 aliphatic rings. The minimum atomic E-state index is -0.790. The predicted molar refractivity (Wildman–Crippen MR) is 170 cm³/mol. The third-order valence-electron chi connectivity index (χ3n) is 8.83. The molecule has 7 heteroatoms. The lowest BCUT2D eigenvalue weighted by Gasteiger charge is -2.28. The average molecular weight is 579 g/mol. The van der Waals surface area contributed by atoms with Crippen LogP contribution in [-0.4, -0.2) is 41.2 Å². The minimum absolute atomic E-state index is 0.124. The summed E-state index contributed by atoms with van der Waals surface area (Å²) in [5.74, 6) is 0.681. The van der Waals surface area contributed by atoms with E-state index in [2.05, 4.69) is 83.3 Å². The standard InChI is InChI=1S/C36H42N4O3/c1-24(2)27-10-6-11-30(20-27)36(12-13-36)39-23-33(41)32-18-26-9-5-8-25(17-26)7-3-4-14-37-31-21-28(34(42)40-32)19-29(22-31)35-38-15-16-43-35/h5-6,8-11,15-17,19-22,24,32-33,37,39,41H,3-4,7,12-14,18,23H2,1-2H3,(H,40,42)/t32-,33-/m1/s1. The number of benzene rings is 3. The molecule has 0 radical (unpaired) electrons. The molecule has 1 aliphatic carbocycles. The molecule has 7 nitrogen and oxygen atoms in total. The maximum Gasteiger partial charge on any atom is 0.251 e. The quantitative estimate of drug-likeness (QED) is 0.209. The topological polar surface area (TPSA) is 99.4 Å². The molecular formula is C36H42N4O3. The first-order valence-corrected chi connectivity index (χ1v) is 15.6. The summed E-state index contributed by atoms with van der Waals surface area (Å²) in [5, 5.41) is 22.0. The molecule has 1 amide bonds. The van der Waals surface area contributed by atoms with Crippen LogP contribution in [0.2, 0.25) is 0 Å². The van der Waals surface area contributed by atoms with E-state index in [1.54, 1.807) is 12.3 Å². The van der Waals surface area contributed by atoms with E-state index in [9.17, 15) is 9.90 Å². The molecule has 6 rings (SSSR count). The van der Waals surface area contributed by atoms with Crippen molar-refractivity contribution < 1.29 is 14.3 Å². The average Bonchev–Trinajstić information content (AvgIpc) is 3.61. The molecule has 4 N–H and O–H groups in total. The van der Waals surface area contributed by atoms with Gasteiger partial charge in [-0.05, 0) is 84.9 Å². The Kier molecular flexibility index (Phi) is 8.63. The van der Waals surface area contributed by atoms with Gasteiger partial charge in [0.2, 0.25) is 5.89 Å². The Balaban J connectivity index is 1.26. The summed E-state index contributed by atoms with van der Waals surface area (Å²) in [6, 6.07) is 22.5.